The minimum absolute atomic E-state index is 0.144. The highest BCUT2D eigenvalue weighted by Crippen LogP contribution is 2.22. The maximum Gasteiger partial charge on any atom is 0.163 e. The van der Waals surface area contributed by atoms with E-state index in [-0.39, 0.29) is 5.78 Å². The summed E-state index contributed by atoms with van der Waals surface area (Å²) in [6.07, 6.45) is 2.76. The van der Waals surface area contributed by atoms with Gasteiger partial charge < -0.3 is 0 Å². The van der Waals surface area contributed by atoms with Crippen molar-refractivity contribution in [3.05, 3.63) is 17.0 Å². The van der Waals surface area contributed by atoms with Crippen LogP contribution in [-0.4, -0.2) is 15.6 Å². The Bertz CT molecular complexity index is 424. The van der Waals surface area contributed by atoms with Crippen LogP contribution in [0.4, 0.5) is 0 Å². The summed E-state index contributed by atoms with van der Waals surface area (Å²) in [5.74, 6) is 0.144. The van der Waals surface area contributed by atoms with Gasteiger partial charge in [0, 0.05) is 12.2 Å². The Kier molecular flexibility index (Phi) is 4.71. The van der Waals surface area contributed by atoms with Gasteiger partial charge in [-0.2, -0.15) is 5.10 Å². The SMILES string of the molecule is CCc1nn(CCC(C)(C)C)c(CC)c1C(C)=O. The first-order valence-electron chi connectivity index (χ1n) is 6.89. The largest absolute Gasteiger partial charge is 0.294 e. The quantitative estimate of drug-likeness (QED) is 0.748. The molecule has 1 rings (SSSR count). The second kappa shape index (κ2) is 5.68. The van der Waals surface area contributed by atoms with E-state index in [0.29, 0.717) is 5.41 Å². The van der Waals surface area contributed by atoms with Crippen molar-refractivity contribution in [2.75, 3.05) is 0 Å². The Morgan fingerprint density at radius 2 is 1.83 bits per heavy atom. The van der Waals surface area contributed by atoms with Crippen LogP contribution in [0.3, 0.4) is 0 Å². The van der Waals surface area contributed by atoms with Crippen molar-refractivity contribution in [3.63, 3.8) is 0 Å². The van der Waals surface area contributed by atoms with Crippen molar-refractivity contribution in [3.8, 4) is 0 Å². The molecule has 3 nitrogen and oxygen atoms in total. The zero-order valence-electron chi connectivity index (χ0n) is 12.6. The van der Waals surface area contributed by atoms with Gasteiger partial charge in [-0.25, -0.2) is 0 Å². The highest BCUT2D eigenvalue weighted by atomic mass is 16.1. The second-order valence-electron chi connectivity index (χ2n) is 6.07. The van der Waals surface area contributed by atoms with Crippen molar-refractivity contribution in [1.82, 2.24) is 9.78 Å². The summed E-state index contributed by atoms with van der Waals surface area (Å²) in [6, 6.07) is 0. The lowest BCUT2D eigenvalue weighted by molar-refractivity contribution is 0.101. The fourth-order valence-corrected chi connectivity index (χ4v) is 2.19. The number of Topliss-reactive ketones (excluding diaryl/α,β-unsaturated/α-hetero) is 1. The number of ketones is 1. The van der Waals surface area contributed by atoms with E-state index in [9.17, 15) is 4.79 Å². The number of rotatable bonds is 5. The van der Waals surface area contributed by atoms with Crippen molar-refractivity contribution >= 4 is 5.78 Å². The maximum absolute atomic E-state index is 11.8. The van der Waals surface area contributed by atoms with Gasteiger partial charge in [-0.3, -0.25) is 9.48 Å². The standard InChI is InChI=1S/C15H26N2O/c1-7-12-14(11(3)18)13(8-2)17(16-12)10-9-15(4,5)6/h7-10H2,1-6H3. The summed E-state index contributed by atoms with van der Waals surface area (Å²) < 4.78 is 2.04. The highest BCUT2D eigenvalue weighted by molar-refractivity contribution is 5.96. The molecule has 1 aromatic heterocycles. The summed E-state index contributed by atoms with van der Waals surface area (Å²) in [5, 5.41) is 4.62. The number of aromatic nitrogens is 2. The lowest BCUT2D eigenvalue weighted by atomic mass is 9.92. The maximum atomic E-state index is 11.8. The summed E-state index contributed by atoms with van der Waals surface area (Å²) in [6.45, 7) is 13.4. The lowest BCUT2D eigenvalue weighted by Crippen LogP contribution is -2.13. The van der Waals surface area contributed by atoms with Gasteiger partial charge in [0.2, 0.25) is 0 Å². The molecule has 0 saturated heterocycles. The number of hydrogen-bond acceptors (Lipinski definition) is 2. The third kappa shape index (κ3) is 3.44. The van der Waals surface area contributed by atoms with E-state index in [1.807, 2.05) is 4.68 Å². The Balaban J connectivity index is 3.09. The molecule has 0 aliphatic rings. The summed E-state index contributed by atoms with van der Waals surface area (Å²) in [5.41, 5.74) is 3.20. The van der Waals surface area contributed by atoms with Gasteiger partial charge in [0.05, 0.1) is 11.3 Å². The Morgan fingerprint density at radius 1 is 1.22 bits per heavy atom. The first-order valence-corrected chi connectivity index (χ1v) is 6.89. The highest BCUT2D eigenvalue weighted by Gasteiger charge is 2.20. The number of carbonyl (C=O) groups is 1. The summed E-state index contributed by atoms with van der Waals surface area (Å²) >= 11 is 0. The van der Waals surface area contributed by atoms with Crippen molar-refractivity contribution < 1.29 is 4.79 Å². The van der Waals surface area contributed by atoms with E-state index in [4.69, 9.17) is 0 Å². The summed E-state index contributed by atoms with van der Waals surface area (Å²) in [7, 11) is 0. The topological polar surface area (TPSA) is 34.9 Å². The fourth-order valence-electron chi connectivity index (χ4n) is 2.19. The molecular weight excluding hydrogens is 224 g/mol. The Labute approximate surface area is 111 Å². The minimum atomic E-state index is 0.144. The molecular formula is C15H26N2O. The monoisotopic (exact) mass is 250 g/mol. The molecule has 18 heavy (non-hydrogen) atoms. The molecule has 0 fully saturated rings. The van der Waals surface area contributed by atoms with E-state index in [1.165, 1.54) is 0 Å². The molecule has 0 aromatic carbocycles. The third-order valence-corrected chi connectivity index (χ3v) is 3.23. The van der Waals surface area contributed by atoms with Gasteiger partial charge in [-0.15, -0.1) is 0 Å². The van der Waals surface area contributed by atoms with Crippen LogP contribution < -0.4 is 0 Å². The molecule has 0 aliphatic carbocycles. The molecule has 0 amide bonds. The molecule has 0 saturated carbocycles. The molecule has 0 spiro atoms. The van der Waals surface area contributed by atoms with Gasteiger partial charge in [-0.1, -0.05) is 34.6 Å². The fraction of sp³-hybridized carbons (Fsp3) is 0.733. The Hall–Kier alpha value is -1.12. The molecule has 102 valence electrons. The van der Waals surface area contributed by atoms with Gasteiger partial charge in [0.15, 0.2) is 5.78 Å². The van der Waals surface area contributed by atoms with Gasteiger partial charge >= 0.3 is 0 Å². The average Bonchev–Trinajstić information content (AvgIpc) is 2.63. The second-order valence-corrected chi connectivity index (χ2v) is 6.07. The lowest BCUT2D eigenvalue weighted by Gasteiger charge is -2.18. The smallest absolute Gasteiger partial charge is 0.163 e. The number of aryl methyl sites for hydroxylation is 2. The molecule has 0 atom stereocenters. The van der Waals surface area contributed by atoms with Crippen LogP contribution in [0.1, 0.15) is 69.7 Å². The molecule has 0 unspecified atom stereocenters. The molecule has 0 bridgehead atoms. The Morgan fingerprint density at radius 3 is 2.22 bits per heavy atom. The molecule has 0 radical (unpaired) electrons. The normalized spacial score (nSPS) is 11.9. The van der Waals surface area contributed by atoms with E-state index in [0.717, 1.165) is 42.8 Å². The molecule has 0 N–H and O–H groups in total. The van der Waals surface area contributed by atoms with Gasteiger partial charge in [0.25, 0.3) is 0 Å². The van der Waals surface area contributed by atoms with Crippen LogP contribution in [0.25, 0.3) is 0 Å². The van der Waals surface area contributed by atoms with E-state index >= 15 is 0 Å². The van der Waals surface area contributed by atoms with E-state index in [2.05, 4.69) is 39.7 Å². The van der Waals surface area contributed by atoms with Crippen molar-refractivity contribution in [2.45, 2.75) is 67.3 Å². The number of nitrogens with zero attached hydrogens (tertiary/aromatic N) is 2. The zero-order valence-corrected chi connectivity index (χ0v) is 12.6. The van der Waals surface area contributed by atoms with E-state index in [1.54, 1.807) is 6.92 Å². The predicted octanol–water partition coefficient (Wildman–Crippen LogP) is 3.65. The molecule has 1 heterocycles. The first kappa shape index (κ1) is 14.9. The third-order valence-electron chi connectivity index (χ3n) is 3.23. The van der Waals surface area contributed by atoms with Crippen molar-refractivity contribution in [2.24, 2.45) is 5.41 Å². The summed E-state index contributed by atoms with van der Waals surface area (Å²) in [4.78, 5) is 11.8. The number of carbonyl (C=O) groups excluding carboxylic acids is 1. The molecule has 1 aromatic rings. The van der Waals surface area contributed by atoms with Crippen LogP contribution in [0.5, 0.6) is 0 Å². The average molecular weight is 250 g/mol. The minimum Gasteiger partial charge on any atom is -0.294 e. The van der Waals surface area contributed by atoms with Gasteiger partial charge in [-0.05, 0) is 31.6 Å². The van der Waals surface area contributed by atoms with Crippen LogP contribution >= 0.6 is 0 Å². The zero-order chi connectivity index (χ0) is 13.9. The van der Waals surface area contributed by atoms with Crippen LogP contribution in [0, 0.1) is 5.41 Å². The molecule has 0 aliphatic heterocycles. The van der Waals surface area contributed by atoms with Crippen molar-refractivity contribution in [1.29, 1.82) is 0 Å². The van der Waals surface area contributed by atoms with Crippen LogP contribution in [0.15, 0.2) is 0 Å². The van der Waals surface area contributed by atoms with Gasteiger partial charge in [0.1, 0.15) is 0 Å². The van der Waals surface area contributed by atoms with Crippen LogP contribution in [0.2, 0.25) is 0 Å². The molecule has 3 heteroatoms. The first-order chi connectivity index (χ1) is 8.30. The predicted molar refractivity (Wildman–Crippen MR) is 75.1 cm³/mol. The van der Waals surface area contributed by atoms with Crippen LogP contribution in [-0.2, 0) is 19.4 Å². The number of hydrogen-bond donors (Lipinski definition) is 0. The van der Waals surface area contributed by atoms with E-state index < -0.39 is 0 Å².